The second-order valence-electron chi connectivity index (χ2n) is 10.7. The maximum atomic E-state index is 14.6. The van der Waals surface area contributed by atoms with Gasteiger partial charge in [0.2, 0.25) is 0 Å². The zero-order valence-electron chi connectivity index (χ0n) is 22.7. The van der Waals surface area contributed by atoms with Crippen LogP contribution in [0.25, 0.3) is 21.5 Å². The highest BCUT2D eigenvalue weighted by molar-refractivity contribution is 7.18. The number of carbonyl (C=O) groups is 1. The number of nitrogens with zero attached hydrogens (tertiary/aromatic N) is 2. The van der Waals surface area contributed by atoms with Crippen LogP contribution in [0.2, 0.25) is 15.1 Å². The van der Waals surface area contributed by atoms with Gasteiger partial charge in [0, 0.05) is 40.0 Å². The molecule has 11 heteroatoms. The molecule has 42 heavy (non-hydrogen) atoms. The highest BCUT2D eigenvalue weighted by Gasteiger charge is 2.54. The topological polar surface area (TPSA) is 74.5 Å². The van der Waals surface area contributed by atoms with Gasteiger partial charge in [-0.3, -0.25) is 4.79 Å². The predicted octanol–water partition coefficient (Wildman–Crippen LogP) is 9.73. The highest BCUT2D eigenvalue weighted by Crippen LogP contribution is 2.62. The Kier molecular flexibility index (Phi) is 7.68. The lowest BCUT2D eigenvalue weighted by molar-refractivity contribution is -0.120. The van der Waals surface area contributed by atoms with Crippen molar-refractivity contribution in [3.8, 4) is 22.8 Å². The monoisotopic (exact) mass is 644 g/mol. The molecule has 6 rings (SSSR count). The number of hydrogen-bond donors (Lipinski definition) is 0. The number of halogens is 4. The van der Waals surface area contributed by atoms with Crippen LogP contribution in [0.4, 0.5) is 4.39 Å². The van der Waals surface area contributed by atoms with Gasteiger partial charge in [-0.25, -0.2) is 9.37 Å². The van der Waals surface area contributed by atoms with Crippen LogP contribution < -0.4 is 9.47 Å². The second kappa shape index (κ2) is 11.2. The molecule has 2 atom stereocenters. The molecule has 6 nitrogen and oxygen atoms in total. The first kappa shape index (κ1) is 28.9. The van der Waals surface area contributed by atoms with Crippen molar-refractivity contribution in [2.45, 2.75) is 51.0 Å². The Morgan fingerprint density at radius 1 is 1.12 bits per heavy atom. The molecule has 0 bridgehead atoms. The Balaban J connectivity index is 1.23. The highest BCUT2D eigenvalue weighted by atomic mass is 35.5. The fourth-order valence-corrected chi connectivity index (χ4v) is 7.54. The molecule has 5 aromatic rings. The first-order valence-corrected chi connectivity index (χ1v) is 15.1. The Morgan fingerprint density at radius 3 is 2.57 bits per heavy atom. The molecule has 2 unspecified atom stereocenters. The van der Waals surface area contributed by atoms with E-state index in [-0.39, 0.29) is 41.6 Å². The van der Waals surface area contributed by atoms with Gasteiger partial charge in [0.1, 0.15) is 35.1 Å². The lowest BCUT2D eigenvalue weighted by Crippen LogP contribution is -2.06. The van der Waals surface area contributed by atoms with E-state index in [1.165, 1.54) is 11.3 Å². The number of fused-ring (bicyclic) bond motifs is 1. The second-order valence-corrected chi connectivity index (χ2v) is 13.0. The van der Waals surface area contributed by atoms with E-state index in [0.717, 1.165) is 28.6 Å². The van der Waals surface area contributed by atoms with Crippen LogP contribution >= 0.6 is 46.1 Å². The molecule has 1 aliphatic rings. The van der Waals surface area contributed by atoms with Gasteiger partial charge in [-0.15, -0.1) is 11.3 Å². The molecular weight excluding hydrogens is 622 g/mol. The normalized spacial score (nSPS) is 18.0. The fourth-order valence-electron chi connectivity index (χ4n) is 5.32. The summed E-state index contributed by atoms with van der Waals surface area (Å²) in [6.45, 7) is 6.60. The number of thiazole rings is 1. The van der Waals surface area contributed by atoms with Crippen LogP contribution in [0.1, 0.15) is 60.9 Å². The van der Waals surface area contributed by atoms with Crippen molar-refractivity contribution in [2.75, 3.05) is 0 Å². The van der Waals surface area contributed by atoms with E-state index < -0.39 is 5.82 Å². The minimum atomic E-state index is -0.526. The Bertz CT molecular complexity index is 1820. The molecule has 216 valence electrons. The zero-order valence-corrected chi connectivity index (χ0v) is 25.8. The largest absolute Gasteiger partial charge is 0.489 e. The van der Waals surface area contributed by atoms with Crippen LogP contribution in [-0.2, 0) is 16.8 Å². The van der Waals surface area contributed by atoms with Crippen LogP contribution in [0, 0.1) is 5.82 Å². The van der Waals surface area contributed by atoms with Crippen molar-refractivity contribution < 1.29 is 23.2 Å². The number of hydrogen-bond acceptors (Lipinski definition) is 7. The van der Waals surface area contributed by atoms with E-state index in [9.17, 15) is 9.18 Å². The summed E-state index contributed by atoms with van der Waals surface area (Å²) in [5.41, 5.74) is 2.86. The average Bonchev–Trinajstić information content (AvgIpc) is 3.25. The van der Waals surface area contributed by atoms with Crippen LogP contribution in [0.5, 0.6) is 11.5 Å². The summed E-state index contributed by atoms with van der Waals surface area (Å²) >= 11 is 21.1. The van der Waals surface area contributed by atoms with E-state index in [4.69, 9.17) is 48.8 Å². The molecule has 0 N–H and O–H groups in total. The average molecular weight is 646 g/mol. The number of ether oxygens (including phenoxy) is 2. The van der Waals surface area contributed by atoms with Crippen molar-refractivity contribution in [3.63, 3.8) is 0 Å². The molecule has 0 amide bonds. The molecule has 2 aromatic heterocycles. The first-order chi connectivity index (χ1) is 20.1. The minimum Gasteiger partial charge on any atom is -0.489 e. The smallest absolute Gasteiger partial charge is 0.298 e. The first-order valence-electron chi connectivity index (χ1n) is 13.2. The van der Waals surface area contributed by atoms with Crippen molar-refractivity contribution in [1.82, 2.24) is 10.1 Å². The molecule has 0 radical (unpaired) electrons. The number of benzene rings is 3. The minimum absolute atomic E-state index is 0.0592. The van der Waals surface area contributed by atoms with Gasteiger partial charge in [0.05, 0.1) is 25.3 Å². The van der Waals surface area contributed by atoms with Crippen molar-refractivity contribution in [3.05, 3.63) is 91.3 Å². The third kappa shape index (κ3) is 5.15. The van der Waals surface area contributed by atoms with Crippen LogP contribution in [-0.4, -0.2) is 16.6 Å². The fraction of sp³-hybridized carbons (Fsp3) is 0.258. The number of rotatable bonds is 9. The summed E-state index contributed by atoms with van der Waals surface area (Å²) < 4.78 is 31.9. The van der Waals surface area contributed by atoms with Gasteiger partial charge in [-0.1, -0.05) is 72.9 Å². The summed E-state index contributed by atoms with van der Waals surface area (Å²) in [5.74, 6) is 1.03. The van der Waals surface area contributed by atoms with Gasteiger partial charge in [0.25, 0.3) is 6.47 Å². The van der Waals surface area contributed by atoms with Gasteiger partial charge >= 0.3 is 0 Å². The van der Waals surface area contributed by atoms with Gasteiger partial charge in [-0.2, -0.15) is 0 Å². The number of carbonyl (C=O) groups excluding carboxylic acids is 1. The molecular formula is C31H24Cl3FN2O4S. The third-order valence-electron chi connectivity index (χ3n) is 7.64. The standard InChI is InChI=1S/C31H24Cl3FN2O4S/c1-15(2)29-18(27(37-41-29)26-21(32)5-4-6-22(26)33)13-39-16-7-8-19(23(34)9-16)31(3)12-20(31)30-36-28-24(35)10-17(40-14-38)11-25(28)42-30/h4-11,14-15,20H,12-13H2,1-3H3. The van der Waals surface area contributed by atoms with Gasteiger partial charge in [-0.05, 0) is 36.2 Å². The predicted molar refractivity (Wildman–Crippen MR) is 163 cm³/mol. The lowest BCUT2D eigenvalue weighted by Gasteiger charge is -2.15. The quantitative estimate of drug-likeness (QED) is 0.149. The summed E-state index contributed by atoms with van der Waals surface area (Å²) in [5, 5.41) is 6.60. The lowest BCUT2D eigenvalue weighted by atomic mass is 9.95. The summed E-state index contributed by atoms with van der Waals surface area (Å²) in [7, 11) is 0. The molecule has 1 saturated carbocycles. The maximum Gasteiger partial charge on any atom is 0.298 e. The molecule has 2 heterocycles. The van der Waals surface area contributed by atoms with Crippen molar-refractivity contribution in [1.29, 1.82) is 0 Å². The molecule has 0 spiro atoms. The third-order valence-corrected chi connectivity index (χ3v) is 9.70. The number of aromatic nitrogens is 2. The van der Waals surface area contributed by atoms with Gasteiger partial charge < -0.3 is 14.0 Å². The summed E-state index contributed by atoms with van der Waals surface area (Å²) in [4.78, 5) is 15.3. The summed E-state index contributed by atoms with van der Waals surface area (Å²) in [6.07, 6.45) is 0.812. The summed E-state index contributed by atoms with van der Waals surface area (Å²) in [6, 6.07) is 13.7. The van der Waals surface area contributed by atoms with E-state index in [1.54, 1.807) is 30.3 Å². The van der Waals surface area contributed by atoms with E-state index in [1.807, 2.05) is 26.0 Å². The maximum absolute atomic E-state index is 14.6. The Morgan fingerprint density at radius 2 is 1.88 bits per heavy atom. The molecule has 0 saturated heterocycles. The molecule has 3 aromatic carbocycles. The molecule has 1 aliphatic carbocycles. The van der Waals surface area contributed by atoms with Gasteiger partial charge in [0.15, 0.2) is 5.82 Å². The van der Waals surface area contributed by atoms with E-state index in [2.05, 4.69) is 17.1 Å². The van der Waals surface area contributed by atoms with Crippen LogP contribution in [0.3, 0.4) is 0 Å². The van der Waals surface area contributed by atoms with Crippen LogP contribution in [0.15, 0.2) is 53.1 Å². The SMILES string of the molecule is CC(C)c1onc(-c2c(Cl)cccc2Cl)c1COc1ccc(C2(C)CC2c2nc3c(F)cc(OC=O)cc3s2)c(Cl)c1. The van der Waals surface area contributed by atoms with Crippen molar-refractivity contribution >= 4 is 62.8 Å². The Hall–Kier alpha value is -3.17. The Labute approximate surface area is 260 Å². The van der Waals surface area contributed by atoms with E-state index in [0.29, 0.717) is 42.5 Å². The molecule has 0 aliphatic heterocycles. The zero-order chi connectivity index (χ0) is 29.8. The molecule has 1 fully saturated rings. The van der Waals surface area contributed by atoms with Crippen molar-refractivity contribution in [2.24, 2.45) is 0 Å². The van der Waals surface area contributed by atoms with E-state index >= 15 is 0 Å².